The number of nitrogens with zero attached hydrogens (tertiary/aromatic N) is 1. The Hall–Kier alpha value is -2.76. The van der Waals surface area contributed by atoms with Gasteiger partial charge in [-0.3, -0.25) is 0 Å². The van der Waals surface area contributed by atoms with E-state index < -0.39 is 5.97 Å². The van der Waals surface area contributed by atoms with Gasteiger partial charge in [-0.05, 0) is 31.2 Å². The van der Waals surface area contributed by atoms with Crippen LogP contribution in [0.3, 0.4) is 0 Å². The molecule has 0 spiro atoms. The van der Waals surface area contributed by atoms with E-state index in [4.69, 9.17) is 9.52 Å². The van der Waals surface area contributed by atoms with Gasteiger partial charge in [0.2, 0.25) is 0 Å². The van der Waals surface area contributed by atoms with Gasteiger partial charge in [0.05, 0.1) is 23.1 Å². The van der Waals surface area contributed by atoms with Crippen molar-refractivity contribution in [3.8, 4) is 0 Å². The van der Waals surface area contributed by atoms with Crippen LogP contribution in [0.15, 0.2) is 34.9 Å². The van der Waals surface area contributed by atoms with E-state index in [-0.39, 0.29) is 5.56 Å². The van der Waals surface area contributed by atoms with Crippen LogP contribution >= 0.6 is 0 Å². The molecule has 0 aliphatic carbocycles. The Kier molecular flexibility index (Phi) is 2.90. The Balaban J connectivity index is 1.73. The SMILES string of the molecule is Cc1nc2ccc(NCc3cc(C(=O)O)co3)cc2[nH]1. The predicted octanol–water partition coefficient (Wildman–Crippen LogP) is 2.77. The fraction of sp³-hybridized carbons (Fsp3) is 0.143. The van der Waals surface area contributed by atoms with Crippen molar-refractivity contribution in [1.29, 1.82) is 0 Å². The zero-order valence-corrected chi connectivity index (χ0v) is 10.8. The van der Waals surface area contributed by atoms with E-state index in [1.807, 2.05) is 25.1 Å². The van der Waals surface area contributed by atoms with Crippen LogP contribution in [0.2, 0.25) is 0 Å². The van der Waals surface area contributed by atoms with E-state index in [2.05, 4.69) is 15.3 Å². The highest BCUT2D eigenvalue weighted by Gasteiger charge is 2.08. The molecule has 6 heteroatoms. The number of carbonyl (C=O) groups is 1. The van der Waals surface area contributed by atoms with E-state index in [1.165, 1.54) is 12.3 Å². The van der Waals surface area contributed by atoms with Crippen LogP contribution in [-0.2, 0) is 6.54 Å². The molecule has 6 nitrogen and oxygen atoms in total. The van der Waals surface area contributed by atoms with Crippen molar-refractivity contribution in [2.75, 3.05) is 5.32 Å². The minimum absolute atomic E-state index is 0.154. The lowest BCUT2D eigenvalue weighted by atomic mass is 10.2. The van der Waals surface area contributed by atoms with Gasteiger partial charge in [-0.1, -0.05) is 0 Å². The van der Waals surface area contributed by atoms with Gasteiger partial charge in [-0.2, -0.15) is 0 Å². The van der Waals surface area contributed by atoms with E-state index in [0.29, 0.717) is 12.3 Å². The Morgan fingerprint density at radius 2 is 2.30 bits per heavy atom. The maximum absolute atomic E-state index is 10.7. The number of fused-ring (bicyclic) bond motifs is 1. The average molecular weight is 271 g/mol. The van der Waals surface area contributed by atoms with Crippen LogP contribution in [0.1, 0.15) is 21.9 Å². The molecule has 0 aliphatic heterocycles. The largest absolute Gasteiger partial charge is 0.478 e. The van der Waals surface area contributed by atoms with Gasteiger partial charge in [-0.15, -0.1) is 0 Å². The van der Waals surface area contributed by atoms with Crippen LogP contribution in [0.25, 0.3) is 11.0 Å². The minimum Gasteiger partial charge on any atom is -0.478 e. The summed E-state index contributed by atoms with van der Waals surface area (Å²) in [5.74, 6) is 0.451. The molecule has 0 aliphatic rings. The maximum Gasteiger partial charge on any atom is 0.338 e. The summed E-state index contributed by atoms with van der Waals surface area (Å²) in [5, 5.41) is 12.0. The number of hydrogen-bond donors (Lipinski definition) is 3. The fourth-order valence-electron chi connectivity index (χ4n) is 2.02. The number of nitrogens with one attached hydrogen (secondary N) is 2. The zero-order chi connectivity index (χ0) is 14.1. The molecule has 0 amide bonds. The van der Waals surface area contributed by atoms with Gasteiger partial charge < -0.3 is 19.8 Å². The van der Waals surface area contributed by atoms with Gasteiger partial charge in [0, 0.05) is 5.69 Å². The second-order valence-electron chi connectivity index (χ2n) is 4.51. The van der Waals surface area contributed by atoms with E-state index >= 15 is 0 Å². The van der Waals surface area contributed by atoms with E-state index in [1.54, 1.807) is 0 Å². The second-order valence-corrected chi connectivity index (χ2v) is 4.51. The van der Waals surface area contributed by atoms with E-state index in [9.17, 15) is 4.79 Å². The highest BCUT2D eigenvalue weighted by Crippen LogP contribution is 2.18. The summed E-state index contributed by atoms with van der Waals surface area (Å²) in [4.78, 5) is 18.2. The van der Waals surface area contributed by atoms with Crippen LogP contribution < -0.4 is 5.32 Å². The van der Waals surface area contributed by atoms with Crippen LogP contribution in [0.4, 0.5) is 5.69 Å². The molecule has 0 atom stereocenters. The van der Waals surface area contributed by atoms with Crippen molar-refractivity contribution >= 4 is 22.7 Å². The summed E-state index contributed by atoms with van der Waals surface area (Å²) in [6, 6.07) is 7.31. The number of benzene rings is 1. The quantitative estimate of drug-likeness (QED) is 0.678. The van der Waals surface area contributed by atoms with Gasteiger partial charge >= 0.3 is 5.97 Å². The first-order chi connectivity index (χ1) is 9.61. The number of aromatic carboxylic acids is 1. The first-order valence-electron chi connectivity index (χ1n) is 6.13. The summed E-state index contributed by atoms with van der Waals surface area (Å²) in [6.07, 6.45) is 1.24. The minimum atomic E-state index is -0.991. The number of rotatable bonds is 4. The van der Waals surface area contributed by atoms with Crippen molar-refractivity contribution in [3.05, 3.63) is 47.7 Å². The molecular formula is C14H13N3O3. The number of hydrogen-bond acceptors (Lipinski definition) is 4. The summed E-state index contributed by atoms with van der Waals surface area (Å²) >= 11 is 0. The molecular weight excluding hydrogens is 258 g/mol. The first-order valence-corrected chi connectivity index (χ1v) is 6.13. The monoisotopic (exact) mass is 271 g/mol. The lowest BCUT2D eigenvalue weighted by molar-refractivity contribution is 0.0696. The summed E-state index contributed by atoms with van der Waals surface area (Å²) < 4.78 is 5.18. The van der Waals surface area contributed by atoms with Crippen molar-refractivity contribution < 1.29 is 14.3 Å². The number of imidazole rings is 1. The molecule has 2 aromatic heterocycles. The van der Waals surface area contributed by atoms with Crippen molar-refractivity contribution in [2.24, 2.45) is 0 Å². The third kappa shape index (κ3) is 2.35. The fourth-order valence-corrected chi connectivity index (χ4v) is 2.02. The first kappa shape index (κ1) is 12.3. The van der Waals surface area contributed by atoms with Crippen LogP contribution in [0, 0.1) is 6.92 Å². The summed E-state index contributed by atoms with van der Waals surface area (Å²) in [5.41, 5.74) is 2.94. The Morgan fingerprint density at radius 1 is 1.45 bits per heavy atom. The molecule has 1 aromatic carbocycles. The van der Waals surface area contributed by atoms with Gasteiger partial charge in [0.25, 0.3) is 0 Å². The second kappa shape index (κ2) is 4.73. The summed E-state index contributed by atoms with van der Waals surface area (Å²) in [7, 11) is 0. The normalized spacial score (nSPS) is 10.8. The Bertz CT molecular complexity index is 773. The number of aromatic nitrogens is 2. The molecule has 3 aromatic rings. The molecule has 3 N–H and O–H groups in total. The third-order valence-electron chi connectivity index (χ3n) is 2.97. The number of carboxylic acid groups (broad SMARTS) is 1. The van der Waals surface area contributed by atoms with Gasteiger partial charge in [-0.25, -0.2) is 9.78 Å². The standard InChI is InChI=1S/C14H13N3O3/c1-8-16-12-3-2-10(5-13(12)17-8)15-6-11-4-9(7-20-11)14(18)19/h2-5,7,15H,6H2,1H3,(H,16,17)(H,18,19). The average Bonchev–Trinajstić information content (AvgIpc) is 3.00. The Labute approximate surface area is 114 Å². The number of aromatic amines is 1. The zero-order valence-electron chi connectivity index (χ0n) is 10.8. The molecule has 0 bridgehead atoms. The molecule has 0 fully saturated rings. The number of anilines is 1. The maximum atomic E-state index is 10.7. The molecule has 0 saturated heterocycles. The third-order valence-corrected chi connectivity index (χ3v) is 2.97. The molecule has 0 radical (unpaired) electrons. The van der Waals surface area contributed by atoms with Crippen molar-refractivity contribution in [3.63, 3.8) is 0 Å². The van der Waals surface area contributed by atoms with Crippen LogP contribution in [-0.4, -0.2) is 21.0 Å². The Morgan fingerprint density at radius 3 is 3.05 bits per heavy atom. The lowest BCUT2D eigenvalue weighted by Gasteiger charge is -2.03. The summed E-state index contributed by atoms with van der Waals surface area (Å²) in [6.45, 7) is 2.33. The van der Waals surface area contributed by atoms with Crippen LogP contribution in [0.5, 0.6) is 0 Å². The van der Waals surface area contributed by atoms with Gasteiger partial charge in [0.15, 0.2) is 0 Å². The predicted molar refractivity (Wildman–Crippen MR) is 73.8 cm³/mol. The molecule has 0 saturated carbocycles. The highest BCUT2D eigenvalue weighted by atomic mass is 16.4. The lowest BCUT2D eigenvalue weighted by Crippen LogP contribution is -1.98. The number of furan rings is 1. The highest BCUT2D eigenvalue weighted by molar-refractivity contribution is 5.87. The van der Waals surface area contributed by atoms with E-state index in [0.717, 1.165) is 22.5 Å². The number of carboxylic acids is 1. The smallest absolute Gasteiger partial charge is 0.338 e. The number of H-pyrrole nitrogens is 1. The number of aryl methyl sites for hydroxylation is 1. The molecule has 0 unspecified atom stereocenters. The molecule has 20 heavy (non-hydrogen) atoms. The van der Waals surface area contributed by atoms with Crippen molar-refractivity contribution in [2.45, 2.75) is 13.5 Å². The van der Waals surface area contributed by atoms with Crippen molar-refractivity contribution in [1.82, 2.24) is 9.97 Å². The van der Waals surface area contributed by atoms with Gasteiger partial charge in [0.1, 0.15) is 17.8 Å². The molecule has 102 valence electrons. The molecule has 3 rings (SSSR count). The topological polar surface area (TPSA) is 91.2 Å². The molecule has 2 heterocycles.